The normalized spacial score (nSPS) is 11.9. The first-order chi connectivity index (χ1) is 14.3. The average Bonchev–Trinajstić information content (AvgIpc) is 3.03. The molecular weight excluding hydrogens is 397 g/mol. The summed E-state index contributed by atoms with van der Waals surface area (Å²) in [5, 5.41) is 7.79. The van der Waals surface area contributed by atoms with Gasteiger partial charge in [0.25, 0.3) is 0 Å². The van der Waals surface area contributed by atoms with Crippen LogP contribution in [0.1, 0.15) is 5.69 Å². The fourth-order valence-electron chi connectivity index (χ4n) is 3.05. The Morgan fingerprint density at radius 2 is 1.70 bits per heavy atom. The van der Waals surface area contributed by atoms with Gasteiger partial charge in [-0.25, -0.2) is 17.7 Å². The minimum absolute atomic E-state index is 0.224. The molecule has 0 aliphatic rings. The van der Waals surface area contributed by atoms with Crippen molar-refractivity contribution in [3.8, 4) is 11.3 Å². The van der Waals surface area contributed by atoms with Gasteiger partial charge in [-0.05, 0) is 36.7 Å². The van der Waals surface area contributed by atoms with E-state index in [2.05, 4.69) is 15.4 Å². The summed E-state index contributed by atoms with van der Waals surface area (Å²) in [7, 11) is 5.72. The molecule has 0 bridgehead atoms. The molecule has 9 heteroatoms. The number of aryl methyl sites for hydroxylation is 1. The van der Waals surface area contributed by atoms with Crippen molar-refractivity contribution in [2.24, 2.45) is 0 Å². The first kappa shape index (κ1) is 20.1. The van der Waals surface area contributed by atoms with Gasteiger partial charge in [0.05, 0.1) is 16.3 Å². The second-order valence-corrected chi connectivity index (χ2v) is 9.22. The van der Waals surface area contributed by atoms with Gasteiger partial charge in [-0.2, -0.15) is 9.61 Å². The first-order valence-corrected chi connectivity index (χ1v) is 10.7. The Hall–Kier alpha value is -3.17. The molecule has 150 valence electrons. The predicted octanol–water partition coefficient (Wildman–Crippen LogP) is 2.49. The highest BCUT2D eigenvalue weighted by atomic mass is 32.2. The van der Waals surface area contributed by atoms with Crippen molar-refractivity contribution in [2.45, 2.75) is 11.8 Å². The molecule has 0 aliphatic heterocycles. The molecule has 0 amide bonds. The van der Waals surface area contributed by atoms with Crippen LogP contribution in [-0.4, -0.2) is 49.3 Å². The SMILES string of the molecule is [B]c1c(C)nn2c(Nc3ccc(S(=O)(=O)N(C)C)cc3)cc(-c3ccccc3)nc12. The van der Waals surface area contributed by atoms with E-state index in [1.54, 1.807) is 28.8 Å². The molecule has 0 unspecified atom stereocenters. The average molecular weight is 417 g/mol. The number of anilines is 2. The number of aromatic nitrogens is 3. The zero-order chi connectivity index (χ0) is 21.5. The molecule has 0 saturated carbocycles. The van der Waals surface area contributed by atoms with Gasteiger partial charge in [-0.15, -0.1) is 0 Å². The van der Waals surface area contributed by atoms with Gasteiger partial charge in [-0.3, -0.25) is 0 Å². The van der Waals surface area contributed by atoms with Crippen molar-refractivity contribution < 1.29 is 8.42 Å². The van der Waals surface area contributed by atoms with Crippen LogP contribution in [0, 0.1) is 6.92 Å². The van der Waals surface area contributed by atoms with Crippen LogP contribution >= 0.6 is 0 Å². The largest absolute Gasteiger partial charge is 0.340 e. The Balaban J connectivity index is 1.78. The van der Waals surface area contributed by atoms with Gasteiger partial charge in [0, 0.05) is 31.4 Å². The second-order valence-electron chi connectivity index (χ2n) is 7.06. The third kappa shape index (κ3) is 3.57. The van der Waals surface area contributed by atoms with E-state index in [0.717, 1.165) is 11.3 Å². The summed E-state index contributed by atoms with van der Waals surface area (Å²) in [6, 6.07) is 18.2. The van der Waals surface area contributed by atoms with Gasteiger partial charge in [0.1, 0.15) is 13.7 Å². The molecule has 0 aliphatic carbocycles. The van der Waals surface area contributed by atoms with Gasteiger partial charge in [0.15, 0.2) is 5.65 Å². The van der Waals surface area contributed by atoms with Gasteiger partial charge in [0.2, 0.25) is 10.0 Å². The van der Waals surface area contributed by atoms with Gasteiger partial charge in [-0.1, -0.05) is 30.3 Å². The lowest BCUT2D eigenvalue weighted by Crippen LogP contribution is -2.22. The summed E-state index contributed by atoms with van der Waals surface area (Å²) < 4.78 is 27.4. The number of hydrogen-bond donors (Lipinski definition) is 1. The van der Waals surface area contributed by atoms with Crippen LogP contribution in [0.4, 0.5) is 11.5 Å². The number of benzene rings is 2. The summed E-state index contributed by atoms with van der Waals surface area (Å²) in [5.41, 5.74) is 4.18. The summed E-state index contributed by atoms with van der Waals surface area (Å²) in [6.45, 7) is 1.83. The lowest BCUT2D eigenvalue weighted by Gasteiger charge is -2.13. The Bertz CT molecular complexity index is 1320. The molecule has 1 N–H and O–H groups in total. The van der Waals surface area contributed by atoms with Crippen molar-refractivity contribution in [1.29, 1.82) is 0 Å². The quantitative estimate of drug-likeness (QED) is 0.505. The maximum atomic E-state index is 12.3. The molecule has 30 heavy (non-hydrogen) atoms. The third-order valence-electron chi connectivity index (χ3n) is 4.78. The van der Waals surface area contributed by atoms with E-state index in [9.17, 15) is 8.42 Å². The maximum Gasteiger partial charge on any atom is 0.242 e. The zero-order valence-electron chi connectivity index (χ0n) is 16.9. The second kappa shape index (κ2) is 7.58. The Labute approximate surface area is 176 Å². The lowest BCUT2D eigenvalue weighted by molar-refractivity contribution is 0.521. The van der Waals surface area contributed by atoms with E-state index >= 15 is 0 Å². The van der Waals surface area contributed by atoms with Crippen LogP contribution in [0.2, 0.25) is 0 Å². The summed E-state index contributed by atoms with van der Waals surface area (Å²) >= 11 is 0. The van der Waals surface area contributed by atoms with E-state index in [1.807, 2.05) is 43.3 Å². The number of rotatable bonds is 5. The summed E-state index contributed by atoms with van der Waals surface area (Å²) in [5.74, 6) is 0.668. The minimum Gasteiger partial charge on any atom is -0.340 e. The highest BCUT2D eigenvalue weighted by molar-refractivity contribution is 7.89. The van der Waals surface area contributed by atoms with Crippen molar-refractivity contribution >= 4 is 40.5 Å². The molecule has 2 radical (unpaired) electrons. The molecular formula is C21H20BN5O2S. The van der Waals surface area contributed by atoms with E-state index in [4.69, 9.17) is 7.85 Å². The smallest absolute Gasteiger partial charge is 0.242 e. The molecule has 4 rings (SSSR count). The fourth-order valence-corrected chi connectivity index (χ4v) is 3.96. The Morgan fingerprint density at radius 3 is 2.33 bits per heavy atom. The first-order valence-electron chi connectivity index (χ1n) is 9.28. The molecule has 2 aromatic heterocycles. The number of nitrogens with one attached hydrogen (secondary N) is 1. The number of sulfonamides is 1. The number of nitrogens with zero attached hydrogens (tertiary/aromatic N) is 4. The van der Waals surface area contributed by atoms with Gasteiger partial charge >= 0.3 is 0 Å². The summed E-state index contributed by atoms with van der Waals surface area (Å²) in [6.07, 6.45) is 0. The molecule has 0 saturated heterocycles. The van der Waals surface area contributed by atoms with Crippen LogP contribution in [0.3, 0.4) is 0 Å². The Kier molecular flexibility index (Phi) is 5.09. The molecule has 0 spiro atoms. The predicted molar refractivity (Wildman–Crippen MR) is 119 cm³/mol. The molecule has 2 heterocycles. The van der Waals surface area contributed by atoms with E-state index in [-0.39, 0.29) is 4.90 Å². The molecule has 4 aromatic rings. The molecule has 0 atom stereocenters. The highest BCUT2D eigenvalue weighted by Gasteiger charge is 2.17. The van der Waals surface area contributed by atoms with Gasteiger partial charge < -0.3 is 5.32 Å². The van der Waals surface area contributed by atoms with Crippen LogP contribution in [-0.2, 0) is 10.0 Å². The maximum absolute atomic E-state index is 12.3. The number of hydrogen-bond acceptors (Lipinski definition) is 5. The zero-order valence-corrected chi connectivity index (χ0v) is 17.7. The van der Waals surface area contributed by atoms with Crippen LogP contribution < -0.4 is 10.8 Å². The minimum atomic E-state index is -3.48. The van der Waals surface area contributed by atoms with E-state index in [0.29, 0.717) is 28.3 Å². The van der Waals surface area contributed by atoms with Crippen molar-refractivity contribution in [2.75, 3.05) is 19.4 Å². The van der Waals surface area contributed by atoms with Crippen molar-refractivity contribution in [1.82, 2.24) is 18.9 Å². The van der Waals surface area contributed by atoms with Crippen LogP contribution in [0.25, 0.3) is 16.9 Å². The van der Waals surface area contributed by atoms with E-state index in [1.165, 1.54) is 18.4 Å². The van der Waals surface area contributed by atoms with Crippen molar-refractivity contribution in [3.63, 3.8) is 0 Å². The van der Waals surface area contributed by atoms with E-state index < -0.39 is 10.0 Å². The third-order valence-corrected chi connectivity index (χ3v) is 6.61. The standard InChI is InChI=1S/C21H20BN5O2S/c1-14-20(22)21-24-18(15-7-5-4-6-8-15)13-19(27(21)25-14)23-16-9-11-17(12-10-16)30(28,29)26(2)3/h4-13,23H,1-3H3. The van der Waals surface area contributed by atoms with Crippen molar-refractivity contribution in [3.05, 3.63) is 66.4 Å². The molecule has 2 aromatic carbocycles. The lowest BCUT2D eigenvalue weighted by atomic mass is 9.96. The van der Waals surface area contributed by atoms with Crippen LogP contribution in [0.15, 0.2) is 65.6 Å². The number of fused-ring (bicyclic) bond motifs is 1. The Morgan fingerprint density at radius 1 is 1.03 bits per heavy atom. The molecule has 0 fully saturated rings. The summed E-state index contributed by atoms with van der Waals surface area (Å²) in [4.78, 5) is 4.91. The monoisotopic (exact) mass is 417 g/mol. The van der Waals surface area contributed by atoms with Crippen LogP contribution in [0.5, 0.6) is 0 Å². The fraction of sp³-hybridized carbons (Fsp3) is 0.143. The molecule has 7 nitrogen and oxygen atoms in total. The topological polar surface area (TPSA) is 79.6 Å². The highest BCUT2D eigenvalue weighted by Crippen LogP contribution is 2.25.